The predicted octanol–water partition coefficient (Wildman–Crippen LogP) is 3.76. The summed E-state index contributed by atoms with van der Waals surface area (Å²) in [4.78, 5) is 4.56. The Morgan fingerprint density at radius 1 is 1.00 bits per heavy atom. The van der Waals surface area contributed by atoms with E-state index in [1.807, 2.05) is 30.3 Å². The summed E-state index contributed by atoms with van der Waals surface area (Å²) < 4.78 is 5.78. The second-order valence-corrected chi connectivity index (χ2v) is 5.00. The molecule has 0 saturated carbocycles. The fourth-order valence-electron chi connectivity index (χ4n) is 2.28. The molecule has 0 saturated heterocycles. The lowest BCUT2D eigenvalue weighted by Crippen LogP contribution is -1.92. The third-order valence-electron chi connectivity index (χ3n) is 3.51. The summed E-state index contributed by atoms with van der Waals surface area (Å²) in [6, 6.07) is 14.2. The molecular weight excluding hydrogens is 248 g/mol. The van der Waals surface area contributed by atoms with E-state index in [9.17, 15) is 0 Å². The molecule has 2 aromatic carbocycles. The van der Waals surface area contributed by atoms with Crippen molar-refractivity contribution in [3.05, 3.63) is 59.5 Å². The Bertz CT molecular complexity index is 713. The van der Waals surface area contributed by atoms with Gasteiger partial charge in [0, 0.05) is 12.1 Å². The third-order valence-corrected chi connectivity index (χ3v) is 3.51. The number of benzene rings is 2. The van der Waals surface area contributed by atoms with Gasteiger partial charge >= 0.3 is 0 Å². The van der Waals surface area contributed by atoms with E-state index >= 15 is 0 Å². The van der Waals surface area contributed by atoms with Crippen molar-refractivity contribution in [2.45, 2.75) is 26.2 Å². The number of anilines is 1. The zero-order valence-electron chi connectivity index (χ0n) is 11.6. The minimum Gasteiger partial charge on any atom is -0.441 e. The number of nitrogens with zero attached hydrogens (tertiary/aromatic N) is 1. The van der Waals surface area contributed by atoms with E-state index in [1.54, 1.807) is 0 Å². The molecule has 0 amide bonds. The molecule has 3 heteroatoms. The van der Waals surface area contributed by atoms with E-state index in [0.29, 0.717) is 0 Å². The van der Waals surface area contributed by atoms with Crippen molar-refractivity contribution in [3.63, 3.8) is 0 Å². The number of oxazole rings is 1. The van der Waals surface area contributed by atoms with Crippen molar-refractivity contribution in [2.24, 2.45) is 0 Å². The van der Waals surface area contributed by atoms with Gasteiger partial charge < -0.3 is 10.2 Å². The lowest BCUT2D eigenvalue weighted by atomic mass is 10.1. The molecule has 3 aromatic rings. The summed E-state index contributed by atoms with van der Waals surface area (Å²) in [5.41, 5.74) is 10.8. The van der Waals surface area contributed by atoms with Crippen LogP contribution >= 0.6 is 0 Å². The van der Waals surface area contributed by atoms with Gasteiger partial charge in [0.15, 0.2) is 11.5 Å². The highest BCUT2D eigenvalue weighted by Gasteiger charge is 2.06. The maximum atomic E-state index is 5.78. The number of nitrogens with two attached hydrogens (primary N) is 1. The second kappa shape index (κ2) is 5.37. The van der Waals surface area contributed by atoms with Crippen LogP contribution in [0.5, 0.6) is 0 Å². The molecule has 0 radical (unpaired) electrons. The Hall–Kier alpha value is -2.29. The Balaban J connectivity index is 1.75. The monoisotopic (exact) mass is 266 g/mol. The van der Waals surface area contributed by atoms with Crippen molar-refractivity contribution < 1.29 is 4.42 Å². The molecule has 0 aliphatic heterocycles. The maximum Gasteiger partial charge on any atom is 0.195 e. The molecule has 0 spiro atoms. The van der Waals surface area contributed by atoms with Gasteiger partial charge in [-0.15, -0.1) is 0 Å². The second-order valence-electron chi connectivity index (χ2n) is 5.00. The number of rotatable bonds is 4. The van der Waals surface area contributed by atoms with Crippen LogP contribution in [0.4, 0.5) is 5.69 Å². The van der Waals surface area contributed by atoms with Gasteiger partial charge in [-0.25, -0.2) is 4.98 Å². The van der Waals surface area contributed by atoms with Crippen LogP contribution in [0.2, 0.25) is 0 Å². The highest BCUT2D eigenvalue weighted by atomic mass is 16.3. The molecule has 3 rings (SSSR count). The molecule has 2 N–H and O–H groups in total. The summed E-state index contributed by atoms with van der Waals surface area (Å²) >= 11 is 0. The summed E-state index contributed by atoms with van der Waals surface area (Å²) in [5, 5.41) is 0. The molecule has 1 aromatic heterocycles. The Morgan fingerprint density at radius 2 is 1.75 bits per heavy atom. The van der Waals surface area contributed by atoms with Crippen LogP contribution in [0.3, 0.4) is 0 Å². The fraction of sp³-hybridized carbons (Fsp3) is 0.235. The SMILES string of the molecule is CCc1ccc2oc(CCc3ccc(N)cc3)nc2c1. The summed E-state index contributed by atoms with van der Waals surface area (Å²) in [5.74, 6) is 0.796. The molecule has 102 valence electrons. The van der Waals surface area contributed by atoms with Gasteiger partial charge in [0.05, 0.1) is 0 Å². The van der Waals surface area contributed by atoms with E-state index < -0.39 is 0 Å². The van der Waals surface area contributed by atoms with Gasteiger partial charge in [0.25, 0.3) is 0 Å². The number of aromatic nitrogens is 1. The molecule has 0 bridgehead atoms. The fourth-order valence-corrected chi connectivity index (χ4v) is 2.28. The molecule has 3 nitrogen and oxygen atoms in total. The third kappa shape index (κ3) is 2.67. The van der Waals surface area contributed by atoms with Crippen molar-refractivity contribution >= 4 is 16.8 Å². The smallest absolute Gasteiger partial charge is 0.195 e. The molecule has 0 atom stereocenters. The highest BCUT2D eigenvalue weighted by Crippen LogP contribution is 2.19. The summed E-state index contributed by atoms with van der Waals surface area (Å²) in [6.07, 6.45) is 2.73. The van der Waals surface area contributed by atoms with Crippen molar-refractivity contribution in [1.82, 2.24) is 4.98 Å². The topological polar surface area (TPSA) is 52.0 Å². The zero-order valence-corrected chi connectivity index (χ0v) is 11.6. The van der Waals surface area contributed by atoms with E-state index in [4.69, 9.17) is 10.2 Å². The average molecular weight is 266 g/mol. The van der Waals surface area contributed by atoms with E-state index in [2.05, 4.69) is 24.0 Å². The first kappa shape index (κ1) is 12.7. The van der Waals surface area contributed by atoms with E-state index in [0.717, 1.165) is 41.9 Å². The largest absolute Gasteiger partial charge is 0.441 e. The highest BCUT2D eigenvalue weighted by molar-refractivity contribution is 5.73. The van der Waals surface area contributed by atoms with Crippen LogP contribution in [0, 0.1) is 0 Å². The summed E-state index contributed by atoms with van der Waals surface area (Å²) in [6.45, 7) is 2.14. The van der Waals surface area contributed by atoms with Crippen LogP contribution in [-0.4, -0.2) is 4.98 Å². The van der Waals surface area contributed by atoms with Crippen LogP contribution in [0.1, 0.15) is 23.9 Å². The molecule has 20 heavy (non-hydrogen) atoms. The van der Waals surface area contributed by atoms with Crippen LogP contribution in [0.15, 0.2) is 46.9 Å². The van der Waals surface area contributed by atoms with Crippen molar-refractivity contribution in [1.29, 1.82) is 0 Å². The number of hydrogen-bond acceptors (Lipinski definition) is 3. The Kier molecular flexibility index (Phi) is 3.42. The van der Waals surface area contributed by atoms with Gasteiger partial charge in [-0.05, 0) is 48.2 Å². The quantitative estimate of drug-likeness (QED) is 0.731. The lowest BCUT2D eigenvalue weighted by molar-refractivity contribution is 0.528. The number of nitrogen functional groups attached to an aromatic ring is 1. The first-order valence-corrected chi connectivity index (χ1v) is 6.97. The van der Waals surface area contributed by atoms with E-state index in [-0.39, 0.29) is 0 Å². The number of aryl methyl sites for hydroxylation is 3. The van der Waals surface area contributed by atoms with Gasteiger partial charge in [-0.1, -0.05) is 25.1 Å². The van der Waals surface area contributed by atoms with Crippen LogP contribution in [0.25, 0.3) is 11.1 Å². The van der Waals surface area contributed by atoms with Crippen molar-refractivity contribution in [3.8, 4) is 0 Å². The Morgan fingerprint density at radius 3 is 2.50 bits per heavy atom. The standard InChI is InChI=1S/C17H18N2O/c1-2-12-5-9-16-15(11-12)19-17(20-16)10-6-13-3-7-14(18)8-4-13/h3-5,7-9,11H,2,6,10,18H2,1H3. The first-order valence-electron chi connectivity index (χ1n) is 6.97. The maximum absolute atomic E-state index is 5.78. The minimum absolute atomic E-state index is 0.794. The average Bonchev–Trinajstić information content (AvgIpc) is 2.88. The molecule has 0 fully saturated rings. The predicted molar refractivity (Wildman–Crippen MR) is 81.6 cm³/mol. The zero-order chi connectivity index (χ0) is 13.9. The lowest BCUT2D eigenvalue weighted by Gasteiger charge is -1.99. The first-order chi connectivity index (χ1) is 9.74. The number of fused-ring (bicyclic) bond motifs is 1. The van der Waals surface area contributed by atoms with Gasteiger partial charge in [0.1, 0.15) is 5.52 Å². The molecule has 0 unspecified atom stereocenters. The van der Waals surface area contributed by atoms with E-state index in [1.165, 1.54) is 11.1 Å². The van der Waals surface area contributed by atoms with Gasteiger partial charge in [0.2, 0.25) is 0 Å². The van der Waals surface area contributed by atoms with Crippen molar-refractivity contribution in [2.75, 3.05) is 5.73 Å². The molecule has 1 heterocycles. The van der Waals surface area contributed by atoms with Gasteiger partial charge in [-0.3, -0.25) is 0 Å². The molecule has 0 aliphatic rings. The molecular formula is C17H18N2O. The van der Waals surface area contributed by atoms with Crippen LogP contribution in [-0.2, 0) is 19.3 Å². The normalized spacial score (nSPS) is 11.1. The summed E-state index contributed by atoms with van der Waals surface area (Å²) in [7, 11) is 0. The van der Waals surface area contributed by atoms with Gasteiger partial charge in [-0.2, -0.15) is 0 Å². The molecule has 0 aliphatic carbocycles. The Labute approximate surface area is 118 Å². The minimum atomic E-state index is 0.794. The van der Waals surface area contributed by atoms with Crippen LogP contribution < -0.4 is 5.73 Å². The number of hydrogen-bond donors (Lipinski definition) is 1.